The van der Waals surface area contributed by atoms with Crippen molar-refractivity contribution in [1.82, 2.24) is 5.32 Å². The molecule has 1 aliphatic carbocycles. The Morgan fingerprint density at radius 3 is 2.80 bits per heavy atom. The first-order valence-corrected chi connectivity index (χ1v) is 7.80. The molecule has 3 unspecified atom stereocenters. The fraction of sp³-hybridized carbons (Fsp3) is 0.647. The standard InChI is InChI=1S/C17H25F2N/c1-3-10-20-17(13-7-4-6-12(2)11-13)14-8-5-9-15(18)16(14)19/h5,8-9,12-13,17,20H,3-4,6-7,10-11H2,1-2H3. The summed E-state index contributed by atoms with van der Waals surface area (Å²) in [4.78, 5) is 0. The molecule has 0 heterocycles. The average molecular weight is 281 g/mol. The van der Waals surface area contributed by atoms with Gasteiger partial charge in [0, 0.05) is 11.6 Å². The highest BCUT2D eigenvalue weighted by Crippen LogP contribution is 2.38. The van der Waals surface area contributed by atoms with Crippen molar-refractivity contribution in [3.05, 3.63) is 35.4 Å². The minimum atomic E-state index is -0.741. The number of halogens is 2. The highest BCUT2D eigenvalue weighted by molar-refractivity contribution is 5.23. The van der Waals surface area contributed by atoms with Crippen molar-refractivity contribution in [2.45, 2.75) is 52.0 Å². The minimum absolute atomic E-state index is 0.0617. The highest BCUT2D eigenvalue weighted by atomic mass is 19.2. The number of hydrogen-bond donors (Lipinski definition) is 1. The Labute approximate surface area is 120 Å². The van der Waals surface area contributed by atoms with Gasteiger partial charge in [-0.05, 0) is 43.7 Å². The number of hydrogen-bond acceptors (Lipinski definition) is 1. The van der Waals surface area contributed by atoms with E-state index in [-0.39, 0.29) is 6.04 Å². The number of rotatable bonds is 5. The quantitative estimate of drug-likeness (QED) is 0.815. The van der Waals surface area contributed by atoms with Crippen molar-refractivity contribution in [3.63, 3.8) is 0 Å². The molecule has 1 saturated carbocycles. The molecule has 112 valence electrons. The second kappa shape index (κ2) is 7.16. The van der Waals surface area contributed by atoms with Crippen LogP contribution in [0.4, 0.5) is 8.78 Å². The molecule has 1 fully saturated rings. The van der Waals surface area contributed by atoms with Crippen LogP contribution in [0.15, 0.2) is 18.2 Å². The predicted molar refractivity (Wildman–Crippen MR) is 78.5 cm³/mol. The smallest absolute Gasteiger partial charge is 0.163 e. The van der Waals surface area contributed by atoms with E-state index in [1.807, 2.05) is 0 Å². The lowest BCUT2D eigenvalue weighted by Crippen LogP contribution is -2.32. The molecule has 0 radical (unpaired) electrons. The number of benzene rings is 1. The maximum atomic E-state index is 14.1. The summed E-state index contributed by atoms with van der Waals surface area (Å²) in [7, 11) is 0. The van der Waals surface area contributed by atoms with E-state index in [2.05, 4.69) is 19.2 Å². The van der Waals surface area contributed by atoms with E-state index in [0.29, 0.717) is 17.4 Å². The van der Waals surface area contributed by atoms with Gasteiger partial charge < -0.3 is 5.32 Å². The number of nitrogens with one attached hydrogen (secondary N) is 1. The normalized spacial score (nSPS) is 24.6. The lowest BCUT2D eigenvalue weighted by Gasteiger charge is -2.34. The Morgan fingerprint density at radius 1 is 1.30 bits per heavy atom. The second-order valence-electron chi connectivity index (χ2n) is 6.11. The van der Waals surface area contributed by atoms with Crippen LogP contribution in [0, 0.1) is 23.5 Å². The zero-order chi connectivity index (χ0) is 14.5. The third-order valence-electron chi connectivity index (χ3n) is 4.38. The van der Waals surface area contributed by atoms with Crippen molar-refractivity contribution in [2.75, 3.05) is 6.54 Å². The van der Waals surface area contributed by atoms with Gasteiger partial charge in [0.25, 0.3) is 0 Å². The van der Waals surface area contributed by atoms with Crippen LogP contribution in [0.25, 0.3) is 0 Å². The van der Waals surface area contributed by atoms with Gasteiger partial charge in [-0.3, -0.25) is 0 Å². The van der Waals surface area contributed by atoms with Gasteiger partial charge in [-0.15, -0.1) is 0 Å². The second-order valence-corrected chi connectivity index (χ2v) is 6.11. The molecule has 0 amide bonds. The molecule has 0 spiro atoms. The third kappa shape index (κ3) is 3.57. The molecule has 1 aliphatic rings. The summed E-state index contributed by atoms with van der Waals surface area (Å²) in [5, 5.41) is 3.44. The van der Waals surface area contributed by atoms with Gasteiger partial charge in [0.1, 0.15) is 0 Å². The van der Waals surface area contributed by atoms with Gasteiger partial charge in [-0.25, -0.2) is 8.78 Å². The molecule has 0 bridgehead atoms. The Hall–Kier alpha value is -0.960. The molecule has 20 heavy (non-hydrogen) atoms. The summed E-state index contributed by atoms with van der Waals surface area (Å²) in [5.41, 5.74) is 0.498. The molecule has 1 nitrogen and oxygen atoms in total. The molecule has 0 aliphatic heterocycles. The molecule has 3 heteroatoms. The van der Waals surface area contributed by atoms with Gasteiger partial charge in [-0.2, -0.15) is 0 Å². The first-order valence-electron chi connectivity index (χ1n) is 7.80. The zero-order valence-electron chi connectivity index (χ0n) is 12.5. The van der Waals surface area contributed by atoms with Crippen LogP contribution in [0.5, 0.6) is 0 Å². The highest BCUT2D eigenvalue weighted by Gasteiger charge is 2.29. The molecule has 1 aromatic carbocycles. The predicted octanol–water partition coefficient (Wildman–Crippen LogP) is 4.83. The molecule has 1 aromatic rings. The summed E-state index contributed by atoms with van der Waals surface area (Å²) >= 11 is 0. The largest absolute Gasteiger partial charge is 0.310 e. The maximum absolute atomic E-state index is 14.1. The molecular formula is C17H25F2N. The Bertz CT molecular complexity index is 433. The molecule has 1 N–H and O–H groups in total. The van der Waals surface area contributed by atoms with Crippen LogP contribution >= 0.6 is 0 Å². The van der Waals surface area contributed by atoms with E-state index in [9.17, 15) is 8.78 Å². The van der Waals surface area contributed by atoms with Crippen LogP contribution in [0.3, 0.4) is 0 Å². The van der Waals surface area contributed by atoms with Crippen LogP contribution in [0.2, 0.25) is 0 Å². The van der Waals surface area contributed by atoms with Crippen molar-refractivity contribution >= 4 is 0 Å². The Kier molecular flexibility index (Phi) is 5.53. The van der Waals surface area contributed by atoms with Crippen molar-refractivity contribution in [2.24, 2.45) is 11.8 Å². The molecule has 2 rings (SSSR count). The Morgan fingerprint density at radius 2 is 2.10 bits per heavy atom. The molecule has 3 atom stereocenters. The van der Waals surface area contributed by atoms with Crippen molar-refractivity contribution in [1.29, 1.82) is 0 Å². The molecule has 0 aromatic heterocycles. The first kappa shape index (κ1) is 15.4. The van der Waals surface area contributed by atoms with E-state index < -0.39 is 11.6 Å². The topological polar surface area (TPSA) is 12.0 Å². The Balaban J connectivity index is 2.24. The third-order valence-corrected chi connectivity index (χ3v) is 4.38. The van der Waals surface area contributed by atoms with Crippen LogP contribution < -0.4 is 5.32 Å². The summed E-state index contributed by atoms with van der Waals surface area (Å²) < 4.78 is 27.6. The van der Waals surface area contributed by atoms with Gasteiger partial charge in [-0.1, -0.05) is 38.8 Å². The van der Waals surface area contributed by atoms with Crippen LogP contribution in [0.1, 0.15) is 57.6 Å². The summed E-state index contributed by atoms with van der Waals surface area (Å²) in [6.45, 7) is 5.19. The van der Waals surface area contributed by atoms with Crippen LogP contribution in [-0.4, -0.2) is 6.54 Å². The summed E-state index contributed by atoms with van der Waals surface area (Å²) in [5.74, 6) is -0.341. The molecule has 0 saturated heterocycles. The molecular weight excluding hydrogens is 256 g/mol. The average Bonchev–Trinajstić information content (AvgIpc) is 2.44. The SMILES string of the molecule is CCCNC(c1cccc(F)c1F)C1CCCC(C)C1. The van der Waals surface area contributed by atoms with E-state index >= 15 is 0 Å². The fourth-order valence-corrected chi connectivity index (χ4v) is 3.37. The summed E-state index contributed by atoms with van der Waals surface area (Å²) in [6, 6.07) is 4.47. The first-order chi connectivity index (χ1) is 9.63. The fourth-order valence-electron chi connectivity index (χ4n) is 3.37. The van der Waals surface area contributed by atoms with Crippen molar-refractivity contribution in [3.8, 4) is 0 Å². The lowest BCUT2D eigenvalue weighted by molar-refractivity contribution is 0.220. The van der Waals surface area contributed by atoms with Gasteiger partial charge in [0.2, 0.25) is 0 Å². The van der Waals surface area contributed by atoms with Crippen LogP contribution in [-0.2, 0) is 0 Å². The van der Waals surface area contributed by atoms with Gasteiger partial charge >= 0.3 is 0 Å². The van der Waals surface area contributed by atoms with E-state index in [4.69, 9.17) is 0 Å². The van der Waals surface area contributed by atoms with Gasteiger partial charge in [0.05, 0.1) is 0 Å². The zero-order valence-corrected chi connectivity index (χ0v) is 12.5. The van der Waals surface area contributed by atoms with Crippen molar-refractivity contribution < 1.29 is 8.78 Å². The summed E-state index contributed by atoms with van der Waals surface area (Å²) in [6.07, 6.45) is 5.63. The maximum Gasteiger partial charge on any atom is 0.163 e. The lowest BCUT2D eigenvalue weighted by atomic mass is 9.76. The van der Waals surface area contributed by atoms with E-state index in [1.165, 1.54) is 18.9 Å². The monoisotopic (exact) mass is 281 g/mol. The van der Waals surface area contributed by atoms with E-state index in [0.717, 1.165) is 25.8 Å². The van der Waals surface area contributed by atoms with Gasteiger partial charge in [0.15, 0.2) is 11.6 Å². The van der Waals surface area contributed by atoms with E-state index in [1.54, 1.807) is 12.1 Å². The minimum Gasteiger partial charge on any atom is -0.310 e.